The fourth-order valence-electron chi connectivity index (χ4n) is 2.17. The molecule has 1 amide bonds. The lowest BCUT2D eigenvalue weighted by atomic mass is 9.82. The topological polar surface area (TPSA) is 79.3 Å². The maximum Gasteiger partial charge on any atom is 0.307 e. The number of hydrogen-bond donors (Lipinski definition) is 2. The van der Waals surface area contributed by atoms with Crippen LogP contribution in [0.25, 0.3) is 0 Å². The second kappa shape index (κ2) is 5.97. The summed E-state index contributed by atoms with van der Waals surface area (Å²) in [7, 11) is 0. The van der Waals surface area contributed by atoms with Crippen LogP contribution in [0.3, 0.4) is 0 Å². The highest BCUT2D eigenvalue weighted by molar-refractivity contribution is 7.11. The van der Waals surface area contributed by atoms with E-state index in [0.29, 0.717) is 19.4 Å². The predicted molar refractivity (Wildman–Crippen MR) is 71.7 cm³/mol. The Bertz CT molecular complexity index is 510. The summed E-state index contributed by atoms with van der Waals surface area (Å²) >= 11 is 1.53. The van der Waals surface area contributed by atoms with Crippen LogP contribution in [0, 0.1) is 18.8 Å². The van der Waals surface area contributed by atoms with Crippen LogP contribution in [-0.2, 0) is 16.1 Å². The van der Waals surface area contributed by atoms with Gasteiger partial charge in [0.25, 0.3) is 0 Å². The first kappa shape index (κ1) is 13.7. The Morgan fingerprint density at radius 2 is 2.11 bits per heavy atom. The lowest BCUT2D eigenvalue weighted by Gasteiger charge is -2.24. The van der Waals surface area contributed by atoms with Crippen molar-refractivity contribution in [2.24, 2.45) is 11.8 Å². The van der Waals surface area contributed by atoms with Gasteiger partial charge in [-0.15, -0.1) is 11.3 Å². The zero-order valence-electron chi connectivity index (χ0n) is 10.6. The lowest BCUT2D eigenvalue weighted by molar-refractivity contribution is -0.147. The smallest absolute Gasteiger partial charge is 0.307 e. The van der Waals surface area contributed by atoms with Crippen LogP contribution in [0.2, 0.25) is 0 Å². The molecule has 0 bridgehead atoms. The summed E-state index contributed by atoms with van der Waals surface area (Å²) in [6.07, 6.45) is 6.35. The maximum atomic E-state index is 12.1. The minimum absolute atomic E-state index is 0.192. The van der Waals surface area contributed by atoms with Gasteiger partial charge in [0, 0.05) is 11.1 Å². The molecule has 0 radical (unpaired) electrons. The zero-order valence-corrected chi connectivity index (χ0v) is 11.4. The number of rotatable bonds is 4. The molecule has 1 heterocycles. The van der Waals surface area contributed by atoms with Gasteiger partial charge in [0.1, 0.15) is 0 Å². The molecular formula is C13H16N2O3S. The van der Waals surface area contributed by atoms with E-state index in [1.165, 1.54) is 11.3 Å². The molecule has 2 rings (SSSR count). The van der Waals surface area contributed by atoms with Crippen molar-refractivity contribution in [3.05, 3.63) is 28.2 Å². The number of aliphatic carboxylic acids is 1. The van der Waals surface area contributed by atoms with Crippen molar-refractivity contribution in [2.75, 3.05) is 0 Å². The summed E-state index contributed by atoms with van der Waals surface area (Å²) in [6.45, 7) is 2.32. The highest BCUT2D eigenvalue weighted by atomic mass is 32.1. The van der Waals surface area contributed by atoms with Crippen molar-refractivity contribution in [3.8, 4) is 0 Å². The first-order valence-electron chi connectivity index (χ1n) is 6.14. The molecule has 1 aromatic heterocycles. The van der Waals surface area contributed by atoms with Gasteiger partial charge in [-0.05, 0) is 19.8 Å². The highest BCUT2D eigenvalue weighted by Gasteiger charge is 2.33. The number of aromatic nitrogens is 1. The number of thiazole rings is 1. The molecule has 2 atom stereocenters. The van der Waals surface area contributed by atoms with Gasteiger partial charge in [0.2, 0.25) is 5.91 Å². The number of carboxylic acids is 1. The summed E-state index contributed by atoms with van der Waals surface area (Å²) in [5, 5.41) is 12.9. The molecule has 0 aliphatic heterocycles. The average Bonchev–Trinajstić information content (AvgIpc) is 2.81. The van der Waals surface area contributed by atoms with Gasteiger partial charge >= 0.3 is 5.97 Å². The molecule has 0 saturated carbocycles. The lowest BCUT2D eigenvalue weighted by Crippen LogP contribution is -2.38. The first-order valence-corrected chi connectivity index (χ1v) is 6.96. The van der Waals surface area contributed by atoms with Crippen LogP contribution >= 0.6 is 11.3 Å². The molecule has 1 aromatic rings. The molecule has 0 saturated heterocycles. The van der Waals surface area contributed by atoms with Gasteiger partial charge in [-0.25, -0.2) is 4.98 Å². The number of allylic oxidation sites excluding steroid dienone is 2. The van der Waals surface area contributed by atoms with E-state index in [2.05, 4.69) is 10.3 Å². The maximum absolute atomic E-state index is 12.1. The molecule has 19 heavy (non-hydrogen) atoms. The van der Waals surface area contributed by atoms with E-state index in [0.717, 1.165) is 9.88 Å². The zero-order chi connectivity index (χ0) is 13.8. The van der Waals surface area contributed by atoms with Gasteiger partial charge < -0.3 is 10.4 Å². The number of carbonyl (C=O) groups is 2. The molecule has 1 aliphatic rings. The molecule has 2 unspecified atom stereocenters. The highest BCUT2D eigenvalue weighted by Crippen LogP contribution is 2.26. The van der Waals surface area contributed by atoms with E-state index in [9.17, 15) is 9.59 Å². The molecule has 5 nitrogen and oxygen atoms in total. The van der Waals surface area contributed by atoms with Crippen molar-refractivity contribution in [2.45, 2.75) is 26.3 Å². The standard InChI is InChI=1S/C13H16N2O3S/c1-8-14-6-9(19-8)7-15-12(16)10-4-2-3-5-11(10)13(17)18/h2-3,6,10-11H,4-5,7H2,1H3,(H,15,16)(H,17,18). The Balaban J connectivity index is 1.95. The number of amides is 1. The quantitative estimate of drug-likeness (QED) is 0.823. The number of nitrogens with one attached hydrogen (secondary N) is 1. The third-order valence-electron chi connectivity index (χ3n) is 3.19. The molecule has 2 N–H and O–H groups in total. The van der Waals surface area contributed by atoms with E-state index < -0.39 is 17.8 Å². The molecule has 0 fully saturated rings. The summed E-state index contributed by atoms with van der Waals surface area (Å²) in [4.78, 5) is 28.3. The van der Waals surface area contributed by atoms with Gasteiger partial charge in [-0.1, -0.05) is 12.2 Å². The molecule has 0 aromatic carbocycles. The van der Waals surface area contributed by atoms with Crippen molar-refractivity contribution in [1.82, 2.24) is 10.3 Å². The molecule has 1 aliphatic carbocycles. The molecule has 6 heteroatoms. The Morgan fingerprint density at radius 1 is 1.42 bits per heavy atom. The Hall–Kier alpha value is -1.69. The number of nitrogens with zero attached hydrogens (tertiary/aromatic N) is 1. The van der Waals surface area contributed by atoms with Crippen molar-refractivity contribution in [1.29, 1.82) is 0 Å². The van der Waals surface area contributed by atoms with Gasteiger partial charge in [0.05, 0.1) is 23.4 Å². The second-order valence-corrected chi connectivity index (χ2v) is 5.88. The number of aryl methyl sites for hydroxylation is 1. The Morgan fingerprint density at radius 3 is 2.68 bits per heavy atom. The molecule has 0 spiro atoms. The molecule has 102 valence electrons. The molecular weight excluding hydrogens is 264 g/mol. The third kappa shape index (κ3) is 3.41. The SMILES string of the molecule is Cc1ncc(CNC(=O)C2CC=CCC2C(=O)O)s1. The number of carboxylic acid groups (broad SMARTS) is 1. The summed E-state index contributed by atoms with van der Waals surface area (Å²) in [6, 6.07) is 0. The number of hydrogen-bond acceptors (Lipinski definition) is 4. The van der Waals surface area contributed by atoms with Crippen LogP contribution in [0.4, 0.5) is 0 Å². The predicted octanol–water partition coefficient (Wildman–Crippen LogP) is 1.73. The fourth-order valence-corrected chi connectivity index (χ4v) is 2.90. The van der Waals surface area contributed by atoms with Crippen LogP contribution < -0.4 is 5.32 Å². The average molecular weight is 280 g/mol. The monoisotopic (exact) mass is 280 g/mol. The van der Waals surface area contributed by atoms with E-state index in [-0.39, 0.29) is 5.91 Å². The normalized spacial score (nSPS) is 22.2. The van der Waals surface area contributed by atoms with Crippen molar-refractivity contribution < 1.29 is 14.7 Å². The van der Waals surface area contributed by atoms with E-state index in [4.69, 9.17) is 5.11 Å². The second-order valence-electron chi connectivity index (χ2n) is 4.56. The summed E-state index contributed by atoms with van der Waals surface area (Å²) in [5.41, 5.74) is 0. The summed E-state index contributed by atoms with van der Waals surface area (Å²) < 4.78 is 0. The minimum atomic E-state index is -0.905. The fraction of sp³-hybridized carbons (Fsp3) is 0.462. The van der Waals surface area contributed by atoms with Gasteiger partial charge in [0.15, 0.2) is 0 Å². The van der Waals surface area contributed by atoms with Gasteiger partial charge in [-0.3, -0.25) is 9.59 Å². The van der Waals surface area contributed by atoms with Gasteiger partial charge in [-0.2, -0.15) is 0 Å². The van der Waals surface area contributed by atoms with Crippen LogP contribution in [0.5, 0.6) is 0 Å². The van der Waals surface area contributed by atoms with Crippen molar-refractivity contribution in [3.63, 3.8) is 0 Å². The van der Waals surface area contributed by atoms with Crippen LogP contribution in [-0.4, -0.2) is 22.0 Å². The third-order valence-corrected chi connectivity index (χ3v) is 4.11. The largest absolute Gasteiger partial charge is 0.481 e. The Kier molecular flexibility index (Phi) is 4.31. The minimum Gasteiger partial charge on any atom is -0.481 e. The first-order chi connectivity index (χ1) is 9.08. The summed E-state index contributed by atoms with van der Waals surface area (Å²) in [5.74, 6) is -2.19. The Labute approximate surface area is 115 Å². The van der Waals surface area contributed by atoms with E-state index >= 15 is 0 Å². The van der Waals surface area contributed by atoms with E-state index in [1.807, 2.05) is 19.1 Å². The van der Waals surface area contributed by atoms with Crippen molar-refractivity contribution >= 4 is 23.2 Å². The van der Waals surface area contributed by atoms with E-state index in [1.54, 1.807) is 6.20 Å². The van der Waals surface area contributed by atoms with Crippen LogP contribution in [0.1, 0.15) is 22.7 Å². The van der Waals surface area contributed by atoms with Crippen LogP contribution in [0.15, 0.2) is 18.3 Å². The number of carbonyl (C=O) groups excluding carboxylic acids is 1.